The molecule has 1 N–H and O–H groups in total. The van der Waals surface area contributed by atoms with Crippen molar-refractivity contribution < 1.29 is 13.9 Å². The molecule has 0 saturated carbocycles. The normalized spacial score (nSPS) is 14.5. The second kappa shape index (κ2) is 7.47. The van der Waals surface area contributed by atoms with Gasteiger partial charge in [-0.1, -0.05) is 45.6 Å². The third-order valence-corrected chi connectivity index (χ3v) is 3.42. The molecule has 0 amide bonds. The fraction of sp³-hybridized carbons (Fsp3) is 0.600. The summed E-state index contributed by atoms with van der Waals surface area (Å²) in [6.45, 7) is 4.21. The van der Waals surface area contributed by atoms with E-state index < -0.39 is 17.7 Å². The molecule has 1 nitrogen and oxygen atoms in total. The van der Waals surface area contributed by atoms with E-state index in [9.17, 15) is 13.9 Å². The van der Waals surface area contributed by atoms with Gasteiger partial charge in [0.15, 0.2) is 0 Å². The predicted molar refractivity (Wildman–Crippen MR) is 69.2 cm³/mol. The van der Waals surface area contributed by atoms with Crippen molar-refractivity contribution in [3.8, 4) is 0 Å². The van der Waals surface area contributed by atoms with Crippen LogP contribution in [-0.2, 0) is 0 Å². The van der Waals surface area contributed by atoms with E-state index >= 15 is 0 Å². The molecule has 3 heteroatoms. The van der Waals surface area contributed by atoms with Crippen LogP contribution in [0.4, 0.5) is 8.78 Å². The summed E-state index contributed by atoms with van der Waals surface area (Å²) >= 11 is 0. The Morgan fingerprint density at radius 1 is 1.22 bits per heavy atom. The van der Waals surface area contributed by atoms with Crippen LogP contribution in [0.25, 0.3) is 0 Å². The smallest absolute Gasteiger partial charge is 0.131 e. The molecular formula is C15H22F2O. The van der Waals surface area contributed by atoms with Crippen LogP contribution in [0.15, 0.2) is 18.2 Å². The Balaban J connectivity index is 2.65. The molecule has 2 atom stereocenters. The summed E-state index contributed by atoms with van der Waals surface area (Å²) in [7, 11) is 0. The highest BCUT2D eigenvalue weighted by atomic mass is 19.1. The van der Waals surface area contributed by atoms with E-state index in [0.717, 1.165) is 31.7 Å². The number of benzene rings is 1. The number of rotatable bonds is 7. The van der Waals surface area contributed by atoms with Crippen molar-refractivity contribution >= 4 is 0 Å². The van der Waals surface area contributed by atoms with Gasteiger partial charge in [0.05, 0.1) is 6.10 Å². The molecule has 0 aliphatic rings. The molecule has 1 aromatic carbocycles. The van der Waals surface area contributed by atoms with E-state index in [2.05, 4.69) is 13.8 Å². The number of halogens is 2. The van der Waals surface area contributed by atoms with Crippen LogP contribution in [0.1, 0.15) is 57.6 Å². The summed E-state index contributed by atoms with van der Waals surface area (Å²) in [5, 5.41) is 10.0. The van der Waals surface area contributed by atoms with Gasteiger partial charge in [-0.2, -0.15) is 0 Å². The van der Waals surface area contributed by atoms with E-state index in [1.165, 1.54) is 12.1 Å². The lowest BCUT2D eigenvalue weighted by atomic mass is 9.90. The zero-order valence-electron chi connectivity index (χ0n) is 11.1. The largest absolute Gasteiger partial charge is 0.388 e. The van der Waals surface area contributed by atoms with Crippen molar-refractivity contribution in [2.75, 3.05) is 0 Å². The van der Waals surface area contributed by atoms with Crippen molar-refractivity contribution in [3.05, 3.63) is 35.4 Å². The summed E-state index contributed by atoms with van der Waals surface area (Å²) < 4.78 is 26.3. The third-order valence-electron chi connectivity index (χ3n) is 3.42. The molecule has 1 rings (SSSR count). The first-order chi connectivity index (χ1) is 8.58. The van der Waals surface area contributed by atoms with Crippen LogP contribution in [-0.4, -0.2) is 5.11 Å². The van der Waals surface area contributed by atoms with Gasteiger partial charge in [0.25, 0.3) is 0 Å². The fourth-order valence-corrected chi connectivity index (χ4v) is 2.20. The van der Waals surface area contributed by atoms with Crippen LogP contribution >= 0.6 is 0 Å². The monoisotopic (exact) mass is 256 g/mol. The molecule has 0 fully saturated rings. The lowest BCUT2D eigenvalue weighted by Crippen LogP contribution is -2.08. The van der Waals surface area contributed by atoms with Crippen LogP contribution in [0.2, 0.25) is 0 Å². The van der Waals surface area contributed by atoms with Gasteiger partial charge in [0.2, 0.25) is 0 Å². The van der Waals surface area contributed by atoms with Gasteiger partial charge in [-0.25, -0.2) is 8.78 Å². The van der Waals surface area contributed by atoms with E-state index in [-0.39, 0.29) is 5.56 Å². The Labute approximate surface area is 108 Å². The second-order valence-corrected chi connectivity index (χ2v) is 4.83. The Morgan fingerprint density at radius 3 is 2.50 bits per heavy atom. The molecule has 0 aliphatic heterocycles. The SMILES string of the molecule is CCCCC(CC)CC(O)c1ccc(F)cc1F. The van der Waals surface area contributed by atoms with E-state index in [0.29, 0.717) is 12.3 Å². The Morgan fingerprint density at radius 2 is 1.94 bits per heavy atom. The van der Waals surface area contributed by atoms with Crippen molar-refractivity contribution in [1.29, 1.82) is 0 Å². The van der Waals surface area contributed by atoms with Crippen LogP contribution < -0.4 is 0 Å². The highest BCUT2D eigenvalue weighted by molar-refractivity contribution is 5.20. The lowest BCUT2D eigenvalue weighted by molar-refractivity contribution is 0.135. The number of hydrogen-bond acceptors (Lipinski definition) is 1. The molecule has 0 aromatic heterocycles. The van der Waals surface area contributed by atoms with Gasteiger partial charge in [0, 0.05) is 11.6 Å². The second-order valence-electron chi connectivity index (χ2n) is 4.83. The topological polar surface area (TPSA) is 20.2 Å². The quantitative estimate of drug-likeness (QED) is 0.755. The molecule has 1 aromatic rings. The first kappa shape index (κ1) is 15.1. The van der Waals surface area contributed by atoms with Crippen LogP contribution in [0.5, 0.6) is 0 Å². The van der Waals surface area contributed by atoms with E-state index in [4.69, 9.17) is 0 Å². The van der Waals surface area contributed by atoms with E-state index in [1.807, 2.05) is 0 Å². The van der Waals surface area contributed by atoms with Crippen molar-refractivity contribution in [2.24, 2.45) is 5.92 Å². The molecule has 0 spiro atoms. The van der Waals surface area contributed by atoms with Crippen molar-refractivity contribution in [2.45, 2.75) is 52.1 Å². The number of hydrogen-bond donors (Lipinski definition) is 1. The van der Waals surface area contributed by atoms with Gasteiger partial charge in [-0.05, 0) is 18.4 Å². The minimum atomic E-state index is -0.840. The first-order valence-corrected chi connectivity index (χ1v) is 6.71. The zero-order chi connectivity index (χ0) is 13.5. The van der Waals surface area contributed by atoms with Gasteiger partial charge >= 0.3 is 0 Å². The highest BCUT2D eigenvalue weighted by Gasteiger charge is 2.17. The molecule has 0 saturated heterocycles. The summed E-state index contributed by atoms with van der Waals surface area (Å²) in [6.07, 6.45) is 3.97. The van der Waals surface area contributed by atoms with Gasteiger partial charge in [-0.15, -0.1) is 0 Å². The number of aliphatic hydroxyl groups excluding tert-OH is 1. The van der Waals surface area contributed by atoms with Crippen LogP contribution in [0.3, 0.4) is 0 Å². The molecular weight excluding hydrogens is 234 g/mol. The van der Waals surface area contributed by atoms with Crippen molar-refractivity contribution in [1.82, 2.24) is 0 Å². The Kier molecular flexibility index (Phi) is 6.27. The minimum absolute atomic E-state index is 0.200. The summed E-state index contributed by atoms with van der Waals surface area (Å²) in [6, 6.07) is 3.35. The Bertz CT molecular complexity index is 366. The molecule has 0 bridgehead atoms. The van der Waals surface area contributed by atoms with Gasteiger partial charge in [0.1, 0.15) is 11.6 Å². The average molecular weight is 256 g/mol. The predicted octanol–water partition coefficient (Wildman–Crippen LogP) is 4.60. The van der Waals surface area contributed by atoms with Gasteiger partial charge < -0.3 is 5.11 Å². The molecule has 18 heavy (non-hydrogen) atoms. The summed E-state index contributed by atoms with van der Waals surface area (Å²) in [4.78, 5) is 0. The van der Waals surface area contributed by atoms with E-state index in [1.54, 1.807) is 0 Å². The minimum Gasteiger partial charge on any atom is -0.388 e. The maximum atomic E-state index is 13.5. The molecule has 102 valence electrons. The maximum Gasteiger partial charge on any atom is 0.131 e. The third kappa shape index (κ3) is 4.37. The number of unbranched alkanes of at least 4 members (excludes halogenated alkanes) is 1. The standard InChI is InChI=1S/C15H22F2O/c1-3-5-6-11(4-2)9-15(18)13-8-7-12(16)10-14(13)17/h7-8,10-11,15,18H,3-6,9H2,1-2H3. The first-order valence-electron chi connectivity index (χ1n) is 6.71. The highest BCUT2D eigenvalue weighted by Crippen LogP contribution is 2.28. The zero-order valence-corrected chi connectivity index (χ0v) is 11.1. The molecule has 2 unspecified atom stereocenters. The maximum absolute atomic E-state index is 13.5. The van der Waals surface area contributed by atoms with Gasteiger partial charge in [-0.3, -0.25) is 0 Å². The fourth-order valence-electron chi connectivity index (χ4n) is 2.20. The molecule has 0 aliphatic carbocycles. The Hall–Kier alpha value is -0.960. The average Bonchev–Trinajstić information content (AvgIpc) is 2.34. The lowest BCUT2D eigenvalue weighted by Gasteiger charge is -2.19. The summed E-state index contributed by atoms with van der Waals surface area (Å²) in [5.41, 5.74) is 0.200. The van der Waals surface area contributed by atoms with Crippen molar-refractivity contribution in [3.63, 3.8) is 0 Å². The van der Waals surface area contributed by atoms with Crippen LogP contribution in [0, 0.1) is 17.6 Å². The molecule has 0 radical (unpaired) electrons. The summed E-state index contributed by atoms with van der Waals surface area (Å²) in [5.74, 6) is -0.876. The number of aliphatic hydroxyl groups is 1. The molecule has 0 heterocycles.